The molecule has 4 unspecified atom stereocenters. The number of rotatable bonds is 13. The van der Waals surface area contributed by atoms with Crippen molar-refractivity contribution in [1.29, 1.82) is 0 Å². The van der Waals surface area contributed by atoms with Crippen LogP contribution in [0.2, 0.25) is 0 Å². The first kappa shape index (κ1) is 21.3. The number of unbranched alkanes of at least 4 members (excludes halogenated alkanes) is 2. The molecule has 1 saturated heterocycles. The van der Waals surface area contributed by atoms with Gasteiger partial charge in [0.05, 0.1) is 0 Å². The summed E-state index contributed by atoms with van der Waals surface area (Å²) >= 11 is 0. The predicted molar refractivity (Wildman–Crippen MR) is 103 cm³/mol. The molecule has 0 aromatic heterocycles. The minimum Gasteiger partial charge on any atom is -0.336 e. The van der Waals surface area contributed by atoms with Gasteiger partial charge in [0, 0.05) is 25.2 Å². The molecule has 1 rings (SSSR count). The number of nitrogens with zero attached hydrogens (tertiary/aromatic N) is 1. The SMILES string of the molecule is CCCCNC(C(CC)CCCC)C(CC)CN1C(=O)NCC1C. The zero-order valence-electron chi connectivity index (χ0n) is 16.7. The Balaban J connectivity index is 2.80. The zero-order chi connectivity index (χ0) is 17.9. The van der Waals surface area contributed by atoms with E-state index in [1.54, 1.807) is 0 Å². The lowest BCUT2D eigenvalue weighted by Crippen LogP contribution is -2.48. The molecule has 0 spiro atoms. The van der Waals surface area contributed by atoms with E-state index in [4.69, 9.17) is 0 Å². The van der Waals surface area contributed by atoms with Crippen LogP contribution in [0.15, 0.2) is 0 Å². The van der Waals surface area contributed by atoms with Crippen LogP contribution in [-0.2, 0) is 0 Å². The van der Waals surface area contributed by atoms with Gasteiger partial charge in [-0.15, -0.1) is 0 Å². The van der Waals surface area contributed by atoms with Crippen LogP contribution in [0, 0.1) is 11.8 Å². The Hall–Kier alpha value is -0.770. The van der Waals surface area contributed by atoms with Gasteiger partial charge < -0.3 is 15.5 Å². The monoisotopic (exact) mass is 339 g/mol. The minimum absolute atomic E-state index is 0.120. The molecule has 0 radical (unpaired) electrons. The van der Waals surface area contributed by atoms with Crippen molar-refractivity contribution in [3.05, 3.63) is 0 Å². The maximum atomic E-state index is 12.1. The van der Waals surface area contributed by atoms with Crippen LogP contribution in [-0.4, -0.2) is 42.6 Å². The van der Waals surface area contributed by atoms with E-state index in [0.29, 0.717) is 23.9 Å². The molecule has 1 aliphatic rings. The molecular formula is C20H41N3O. The lowest BCUT2D eigenvalue weighted by Gasteiger charge is -2.37. The second-order valence-corrected chi connectivity index (χ2v) is 7.50. The van der Waals surface area contributed by atoms with Gasteiger partial charge in [0.25, 0.3) is 0 Å². The van der Waals surface area contributed by atoms with E-state index in [9.17, 15) is 4.79 Å². The maximum absolute atomic E-state index is 12.1. The largest absolute Gasteiger partial charge is 0.336 e. The topological polar surface area (TPSA) is 44.4 Å². The summed E-state index contributed by atoms with van der Waals surface area (Å²) in [6.45, 7) is 14.1. The van der Waals surface area contributed by atoms with Gasteiger partial charge in [-0.2, -0.15) is 0 Å². The molecule has 4 atom stereocenters. The fourth-order valence-corrected chi connectivity index (χ4v) is 3.93. The molecule has 4 heteroatoms. The molecule has 1 heterocycles. The summed E-state index contributed by atoms with van der Waals surface area (Å²) in [6.07, 6.45) is 8.69. The standard InChI is InChI=1S/C20H41N3O/c1-6-10-12-17(8-3)19(21-13-11-7-2)18(9-4)15-23-16(5)14-22-20(23)24/h16-19,21H,6-15H2,1-5H3,(H,22,24). The van der Waals surface area contributed by atoms with Gasteiger partial charge in [-0.3, -0.25) is 0 Å². The van der Waals surface area contributed by atoms with Crippen LogP contribution >= 0.6 is 0 Å². The van der Waals surface area contributed by atoms with Crippen molar-refractivity contribution in [1.82, 2.24) is 15.5 Å². The van der Waals surface area contributed by atoms with Gasteiger partial charge >= 0.3 is 6.03 Å². The Kier molecular flexibility index (Phi) is 10.4. The lowest BCUT2D eigenvalue weighted by atomic mass is 9.81. The van der Waals surface area contributed by atoms with E-state index in [-0.39, 0.29) is 6.03 Å². The van der Waals surface area contributed by atoms with Crippen LogP contribution < -0.4 is 10.6 Å². The Morgan fingerprint density at radius 1 is 1.12 bits per heavy atom. The number of nitrogens with one attached hydrogen (secondary N) is 2. The molecule has 0 aromatic carbocycles. The van der Waals surface area contributed by atoms with Gasteiger partial charge in [0.2, 0.25) is 0 Å². The average molecular weight is 340 g/mol. The molecule has 0 bridgehead atoms. The first-order chi connectivity index (χ1) is 11.6. The number of amides is 2. The third-order valence-corrected chi connectivity index (χ3v) is 5.68. The predicted octanol–water partition coefficient (Wildman–Crippen LogP) is 4.40. The van der Waals surface area contributed by atoms with Gasteiger partial charge in [-0.05, 0) is 38.1 Å². The van der Waals surface area contributed by atoms with Gasteiger partial charge in [0.1, 0.15) is 0 Å². The maximum Gasteiger partial charge on any atom is 0.317 e. The number of urea groups is 1. The molecule has 142 valence electrons. The Morgan fingerprint density at radius 3 is 2.29 bits per heavy atom. The summed E-state index contributed by atoms with van der Waals surface area (Å²) in [5, 5.41) is 6.86. The van der Waals surface area contributed by atoms with Crippen LogP contribution in [0.1, 0.15) is 79.6 Å². The molecule has 2 amide bonds. The lowest BCUT2D eigenvalue weighted by molar-refractivity contribution is 0.159. The number of hydrogen-bond acceptors (Lipinski definition) is 2. The summed E-state index contributed by atoms with van der Waals surface area (Å²) in [6, 6.07) is 0.965. The van der Waals surface area contributed by atoms with Crippen molar-refractivity contribution in [2.24, 2.45) is 11.8 Å². The quantitative estimate of drug-likeness (QED) is 0.488. The van der Waals surface area contributed by atoms with Crippen molar-refractivity contribution < 1.29 is 4.79 Å². The van der Waals surface area contributed by atoms with E-state index >= 15 is 0 Å². The van der Waals surface area contributed by atoms with Crippen molar-refractivity contribution in [3.63, 3.8) is 0 Å². The third kappa shape index (κ3) is 6.27. The highest BCUT2D eigenvalue weighted by Gasteiger charge is 2.33. The van der Waals surface area contributed by atoms with Crippen LogP contribution in [0.25, 0.3) is 0 Å². The summed E-state index contributed by atoms with van der Waals surface area (Å²) in [7, 11) is 0. The number of hydrogen-bond donors (Lipinski definition) is 2. The summed E-state index contributed by atoms with van der Waals surface area (Å²) < 4.78 is 0. The normalized spacial score (nSPS) is 21.6. The molecule has 0 aliphatic carbocycles. The third-order valence-electron chi connectivity index (χ3n) is 5.68. The van der Waals surface area contributed by atoms with Crippen LogP contribution in [0.5, 0.6) is 0 Å². The highest BCUT2D eigenvalue weighted by atomic mass is 16.2. The van der Waals surface area contributed by atoms with Crippen molar-refractivity contribution in [2.45, 2.75) is 91.6 Å². The molecule has 2 N–H and O–H groups in total. The second kappa shape index (κ2) is 11.7. The van der Waals surface area contributed by atoms with Crippen molar-refractivity contribution in [2.75, 3.05) is 19.6 Å². The summed E-state index contributed by atoms with van der Waals surface area (Å²) in [4.78, 5) is 14.2. The minimum atomic E-state index is 0.120. The zero-order valence-corrected chi connectivity index (χ0v) is 16.7. The van der Waals surface area contributed by atoms with Crippen molar-refractivity contribution in [3.8, 4) is 0 Å². The number of carbonyl (C=O) groups excluding carboxylic acids is 1. The summed E-state index contributed by atoms with van der Waals surface area (Å²) in [5.41, 5.74) is 0. The molecule has 24 heavy (non-hydrogen) atoms. The molecule has 4 nitrogen and oxygen atoms in total. The average Bonchev–Trinajstić information content (AvgIpc) is 2.90. The second-order valence-electron chi connectivity index (χ2n) is 7.50. The van der Waals surface area contributed by atoms with E-state index in [1.165, 1.54) is 38.5 Å². The van der Waals surface area contributed by atoms with Gasteiger partial charge in [0.15, 0.2) is 0 Å². The molecule has 0 saturated carbocycles. The Morgan fingerprint density at radius 2 is 1.79 bits per heavy atom. The van der Waals surface area contributed by atoms with Crippen LogP contribution in [0.3, 0.4) is 0 Å². The first-order valence-electron chi connectivity index (χ1n) is 10.4. The first-order valence-corrected chi connectivity index (χ1v) is 10.4. The molecule has 0 aromatic rings. The van der Waals surface area contributed by atoms with E-state index in [0.717, 1.165) is 26.1 Å². The fourth-order valence-electron chi connectivity index (χ4n) is 3.93. The van der Waals surface area contributed by atoms with E-state index in [1.807, 2.05) is 0 Å². The highest BCUT2D eigenvalue weighted by Crippen LogP contribution is 2.26. The fraction of sp³-hybridized carbons (Fsp3) is 0.950. The number of carbonyl (C=O) groups is 1. The van der Waals surface area contributed by atoms with E-state index < -0.39 is 0 Å². The van der Waals surface area contributed by atoms with E-state index in [2.05, 4.69) is 50.2 Å². The Labute approximate surface area is 150 Å². The van der Waals surface area contributed by atoms with Gasteiger partial charge in [-0.25, -0.2) is 4.79 Å². The summed E-state index contributed by atoms with van der Waals surface area (Å²) in [5.74, 6) is 1.25. The van der Waals surface area contributed by atoms with Crippen molar-refractivity contribution >= 4 is 6.03 Å². The smallest absolute Gasteiger partial charge is 0.317 e. The van der Waals surface area contributed by atoms with Gasteiger partial charge in [-0.1, -0.05) is 59.8 Å². The Bertz CT molecular complexity index is 348. The molecular weight excluding hydrogens is 298 g/mol. The molecule has 1 fully saturated rings. The highest BCUT2D eigenvalue weighted by molar-refractivity contribution is 5.76. The molecule has 1 aliphatic heterocycles. The van der Waals surface area contributed by atoms with Crippen LogP contribution in [0.4, 0.5) is 4.79 Å².